The number of rotatable bonds is 5. The number of thiazole rings is 1. The van der Waals surface area contributed by atoms with Crippen molar-refractivity contribution in [3.05, 3.63) is 58.9 Å². The van der Waals surface area contributed by atoms with E-state index in [1.54, 1.807) is 11.3 Å². The van der Waals surface area contributed by atoms with E-state index in [1.807, 2.05) is 41.4 Å². The Morgan fingerprint density at radius 1 is 1.36 bits per heavy atom. The second-order valence-corrected chi connectivity index (χ2v) is 10.1. The molecule has 3 aromatic rings. The molecule has 1 N–H and O–H groups in total. The van der Waals surface area contributed by atoms with Crippen LogP contribution in [0.1, 0.15) is 43.3 Å². The van der Waals surface area contributed by atoms with E-state index in [0.29, 0.717) is 5.75 Å². The van der Waals surface area contributed by atoms with Gasteiger partial charge in [-0.2, -0.15) is 5.10 Å². The monoisotopic (exact) mass is 412 g/mol. The number of hydrogen-bond acceptors (Lipinski definition) is 5. The maximum absolute atomic E-state index is 12.6. The molecule has 1 amide bonds. The maximum atomic E-state index is 12.6. The number of fused-ring (bicyclic) bond motifs is 1. The smallest absolute Gasteiger partial charge is 0.230 e. The predicted octanol–water partition coefficient (Wildman–Crippen LogP) is 4.56. The Balaban J connectivity index is 1.52. The van der Waals surface area contributed by atoms with Crippen LogP contribution in [0, 0.1) is 12.3 Å². The average Bonchev–Trinajstić information content (AvgIpc) is 3.26. The first-order valence-corrected chi connectivity index (χ1v) is 11.2. The molecule has 0 unspecified atom stereocenters. The molecule has 0 aliphatic heterocycles. The highest BCUT2D eigenvalue weighted by atomic mass is 32.2. The molecule has 0 radical (unpaired) electrons. The number of aromatic nitrogens is 3. The molecule has 0 saturated carbocycles. The van der Waals surface area contributed by atoms with Gasteiger partial charge in [0, 0.05) is 16.6 Å². The first kappa shape index (κ1) is 19.2. The molecule has 5 nitrogen and oxygen atoms in total. The summed E-state index contributed by atoms with van der Waals surface area (Å²) in [5.41, 5.74) is 4.47. The zero-order chi connectivity index (χ0) is 19.7. The lowest BCUT2D eigenvalue weighted by Gasteiger charge is -2.36. The summed E-state index contributed by atoms with van der Waals surface area (Å²) in [7, 11) is 0. The van der Waals surface area contributed by atoms with E-state index in [9.17, 15) is 4.79 Å². The van der Waals surface area contributed by atoms with Crippen LogP contribution in [0.15, 0.2) is 46.2 Å². The Kier molecular flexibility index (Phi) is 5.29. The predicted molar refractivity (Wildman–Crippen MR) is 114 cm³/mol. The fourth-order valence-electron chi connectivity index (χ4n) is 3.72. The van der Waals surface area contributed by atoms with E-state index in [0.717, 1.165) is 34.1 Å². The third-order valence-corrected chi connectivity index (χ3v) is 7.08. The largest absolute Gasteiger partial charge is 0.348 e. The summed E-state index contributed by atoms with van der Waals surface area (Å²) >= 11 is 3.08. The van der Waals surface area contributed by atoms with Crippen LogP contribution in [0.2, 0.25) is 0 Å². The number of hydrogen-bond donors (Lipinski definition) is 1. The third kappa shape index (κ3) is 4.15. The Bertz CT molecular complexity index is 977. The van der Waals surface area contributed by atoms with Gasteiger partial charge in [-0.3, -0.25) is 4.79 Å². The molecule has 1 aliphatic rings. The fourth-order valence-corrected chi connectivity index (χ4v) is 5.39. The van der Waals surface area contributed by atoms with Gasteiger partial charge in [0.15, 0.2) is 4.34 Å². The lowest BCUT2D eigenvalue weighted by Crippen LogP contribution is -2.37. The van der Waals surface area contributed by atoms with Gasteiger partial charge < -0.3 is 5.32 Å². The zero-order valence-electron chi connectivity index (χ0n) is 16.3. The van der Waals surface area contributed by atoms with Crippen molar-refractivity contribution in [2.24, 2.45) is 5.41 Å². The fraction of sp³-hybridized carbons (Fsp3) is 0.381. The molecule has 1 aliphatic carbocycles. The number of aryl methyl sites for hydroxylation is 1. The Morgan fingerprint density at radius 3 is 2.86 bits per heavy atom. The van der Waals surface area contributed by atoms with Crippen molar-refractivity contribution < 1.29 is 4.79 Å². The first-order chi connectivity index (χ1) is 13.4. The van der Waals surface area contributed by atoms with Crippen LogP contribution in [0.5, 0.6) is 0 Å². The highest BCUT2D eigenvalue weighted by Gasteiger charge is 2.36. The molecule has 2 heterocycles. The number of nitrogens with one attached hydrogen (secondary N) is 1. The van der Waals surface area contributed by atoms with E-state index in [-0.39, 0.29) is 17.4 Å². The van der Waals surface area contributed by atoms with Gasteiger partial charge in [0.2, 0.25) is 5.91 Å². The van der Waals surface area contributed by atoms with Crippen LogP contribution in [0.3, 0.4) is 0 Å². The van der Waals surface area contributed by atoms with Gasteiger partial charge in [0.25, 0.3) is 0 Å². The van der Waals surface area contributed by atoms with Gasteiger partial charge >= 0.3 is 0 Å². The quantitative estimate of drug-likeness (QED) is 0.624. The minimum absolute atomic E-state index is 0.0117. The highest BCUT2D eigenvalue weighted by molar-refractivity contribution is 8.01. The number of nitrogens with zero attached hydrogens (tertiary/aromatic N) is 3. The summed E-state index contributed by atoms with van der Waals surface area (Å²) in [5, 5.41) is 9.88. The number of thioether (sulfide) groups is 1. The van der Waals surface area contributed by atoms with Crippen molar-refractivity contribution in [1.29, 1.82) is 0 Å². The molecule has 2 aromatic heterocycles. The second kappa shape index (κ2) is 7.72. The van der Waals surface area contributed by atoms with Crippen LogP contribution >= 0.6 is 23.1 Å². The standard InChI is InChI=1S/C21H24N4OS2/c1-14-12-27-20(23-14)28-13-19(26)24-17-9-21(2,3)10-18-16(17)11-22-25(18)15-7-5-4-6-8-15/h4-8,11-12,17H,9-10,13H2,1-3H3,(H,24,26)/t17-/m0/s1. The Morgan fingerprint density at radius 2 is 2.14 bits per heavy atom. The van der Waals surface area contributed by atoms with Crippen LogP contribution in [0.4, 0.5) is 0 Å². The summed E-state index contributed by atoms with van der Waals surface area (Å²) in [6.45, 7) is 6.48. The topological polar surface area (TPSA) is 59.8 Å². The summed E-state index contributed by atoms with van der Waals surface area (Å²) in [6, 6.07) is 10.2. The van der Waals surface area contributed by atoms with Gasteiger partial charge in [0.05, 0.1) is 29.4 Å². The summed E-state index contributed by atoms with van der Waals surface area (Å²) in [5.74, 6) is 0.422. The molecule has 0 bridgehead atoms. The number of amides is 1. The molecule has 146 valence electrons. The maximum Gasteiger partial charge on any atom is 0.230 e. The van der Waals surface area contributed by atoms with Crippen molar-refractivity contribution in [3.63, 3.8) is 0 Å². The van der Waals surface area contributed by atoms with Crippen LogP contribution in [-0.4, -0.2) is 26.4 Å². The van der Waals surface area contributed by atoms with Crippen LogP contribution in [-0.2, 0) is 11.2 Å². The van der Waals surface area contributed by atoms with Crippen molar-refractivity contribution >= 4 is 29.0 Å². The molecule has 0 fully saturated rings. The van der Waals surface area contributed by atoms with Crippen LogP contribution in [0.25, 0.3) is 5.69 Å². The van der Waals surface area contributed by atoms with Gasteiger partial charge in [-0.25, -0.2) is 9.67 Å². The van der Waals surface area contributed by atoms with E-state index >= 15 is 0 Å². The molecular weight excluding hydrogens is 388 g/mol. The van der Waals surface area contributed by atoms with E-state index < -0.39 is 0 Å². The zero-order valence-corrected chi connectivity index (χ0v) is 17.9. The normalized spacial score (nSPS) is 17.9. The number of para-hydroxylation sites is 1. The van der Waals surface area contributed by atoms with Crippen molar-refractivity contribution in [1.82, 2.24) is 20.1 Å². The summed E-state index contributed by atoms with van der Waals surface area (Å²) in [4.78, 5) is 17.0. The summed E-state index contributed by atoms with van der Waals surface area (Å²) < 4.78 is 2.96. The molecule has 0 spiro atoms. The molecule has 1 aromatic carbocycles. The van der Waals surface area contributed by atoms with E-state index in [2.05, 4.69) is 41.4 Å². The number of carbonyl (C=O) groups is 1. The first-order valence-electron chi connectivity index (χ1n) is 9.38. The molecule has 7 heteroatoms. The lowest BCUT2D eigenvalue weighted by molar-refractivity contribution is -0.119. The van der Waals surface area contributed by atoms with Gasteiger partial charge in [-0.05, 0) is 37.3 Å². The molecule has 4 rings (SSSR count). The molecule has 1 atom stereocenters. The van der Waals surface area contributed by atoms with Gasteiger partial charge in [-0.1, -0.05) is 43.8 Å². The van der Waals surface area contributed by atoms with E-state index in [1.165, 1.54) is 17.5 Å². The highest BCUT2D eigenvalue weighted by Crippen LogP contribution is 2.41. The average molecular weight is 413 g/mol. The molecule has 28 heavy (non-hydrogen) atoms. The minimum atomic E-state index is -0.0117. The lowest BCUT2D eigenvalue weighted by atomic mass is 9.74. The molecule has 0 saturated heterocycles. The number of carbonyl (C=O) groups excluding carboxylic acids is 1. The van der Waals surface area contributed by atoms with Gasteiger partial charge in [-0.15, -0.1) is 11.3 Å². The molecular formula is C21H24N4OS2. The summed E-state index contributed by atoms with van der Waals surface area (Å²) in [6.07, 6.45) is 3.77. The van der Waals surface area contributed by atoms with E-state index in [4.69, 9.17) is 0 Å². The van der Waals surface area contributed by atoms with Crippen molar-refractivity contribution in [2.75, 3.05) is 5.75 Å². The SMILES string of the molecule is Cc1csc(SCC(=O)N[C@H]2CC(C)(C)Cc3c2cnn3-c2ccccc2)n1. The third-order valence-electron chi connectivity index (χ3n) is 4.94. The van der Waals surface area contributed by atoms with Crippen LogP contribution < -0.4 is 5.32 Å². The van der Waals surface area contributed by atoms with Crippen molar-refractivity contribution in [3.8, 4) is 5.69 Å². The Labute approximate surface area is 173 Å². The second-order valence-electron chi connectivity index (χ2n) is 8.00. The number of benzene rings is 1. The van der Waals surface area contributed by atoms with Crippen molar-refractivity contribution in [2.45, 2.75) is 44.0 Å². The minimum Gasteiger partial charge on any atom is -0.348 e. The Hall–Kier alpha value is -2.12. The van der Waals surface area contributed by atoms with Gasteiger partial charge in [0.1, 0.15) is 0 Å².